The van der Waals surface area contributed by atoms with Crippen LogP contribution in [0.3, 0.4) is 0 Å². The fraction of sp³-hybridized carbons (Fsp3) is 0.667. The van der Waals surface area contributed by atoms with Crippen molar-refractivity contribution >= 4 is 5.78 Å². The van der Waals surface area contributed by atoms with Crippen molar-refractivity contribution in [1.82, 2.24) is 0 Å². The Morgan fingerprint density at radius 1 is 1.37 bits per heavy atom. The van der Waals surface area contributed by atoms with Crippen LogP contribution in [0.5, 0.6) is 0 Å². The number of hydrogen-bond acceptors (Lipinski definition) is 4. The number of aliphatic hydroxyl groups excluding tert-OH is 2. The fourth-order valence-electron chi connectivity index (χ4n) is 2.58. The zero-order valence-electron chi connectivity index (χ0n) is 11.9. The van der Waals surface area contributed by atoms with E-state index in [4.69, 9.17) is 0 Å². The number of carbonyl (C=O) groups excluding carboxylic acids is 1. The summed E-state index contributed by atoms with van der Waals surface area (Å²) in [6.45, 7) is 5.32. The molecule has 0 spiro atoms. The maximum atomic E-state index is 11.6. The normalized spacial score (nSPS) is 32.3. The molecule has 0 amide bonds. The van der Waals surface area contributed by atoms with E-state index in [1.165, 1.54) is 5.57 Å². The lowest BCUT2D eigenvalue weighted by molar-refractivity contribution is -0.152. The molecule has 0 radical (unpaired) electrons. The monoisotopic (exact) mass is 268 g/mol. The number of aliphatic hydroxyl groups is 3. The summed E-state index contributed by atoms with van der Waals surface area (Å²) in [6, 6.07) is 0. The van der Waals surface area contributed by atoms with E-state index < -0.39 is 24.2 Å². The second-order valence-corrected chi connectivity index (χ2v) is 5.62. The SMILES string of the molecule is CC(C)=CC/C=C(\C)[C@H]1[C@H](O)C(=O)CC[C@]1(O)CO. The summed E-state index contributed by atoms with van der Waals surface area (Å²) in [5.74, 6) is -0.984. The van der Waals surface area contributed by atoms with Gasteiger partial charge in [0.15, 0.2) is 5.78 Å². The van der Waals surface area contributed by atoms with Crippen LogP contribution in [-0.4, -0.2) is 39.4 Å². The Balaban J connectivity index is 2.96. The van der Waals surface area contributed by atoms with E-state index in [9.17, 15) is 20.1 Å². The summed E-state index contributed by atoms with van der Waals surface area (Å²) in [5, 5.41) is 29.8. The van der Waals surface area contributed by atoms with Crippen LogP contribution < -0.4 is 0 Å². The van der Waals surface area contributed by atoms with E-state index in [0.29, 0.717) is 6.42 Å². The topological polar surface area (TPSA) is 77.8 Å². The molecule has 0 aliphatic heterocycles. The Bertz CT molecular complexity index is 393. The minimum atomic E-state index is -1.40. The maximum Gasteiger partial charge on any atom is 0.162 e. The third kappa shape index (κ3) is 3.75. The third-order valence-electron chi connectivity index (χ3n) is 3.76. The average molecular weight is 268 g/mol. The van der Waals surface area contributed by atoms with E-state index in [1.807, 2.05) is 26.0 Å². The van der Waals surface area contributed by atoms with E-state index in [1.54, 1.807) is 6.92 Å². The summed E-state index contributed by atoms with van der Waals surface area (Å²) in [6.07, 6.45) is 3.67. The maximum absolute atomic E-state index is 11.6. The van der Waals surface area contributed by atoms with Gasteiger partial charge in [-0.05, 0) is 33.6 Å². The highest BCUT2D eigenvalue weighted by atomic mass is 16.3. The molecule has 1 aliphatic carbocycles. The Kier molecular flexibility index (Phi) is 5.47. The van der Waals surface area contributed by atoms with E-state index in [0.717, 1.165) is 5.57 Å². The highest BCUT2D eigenvalue weighted by Crippen LogP contribution is 2.37. The summed E-state index contributed by atoms with van der Waals surface area (Å²) >= 11 is 0. The summed E-state index contributed by atoms with van der Waals surface area (Å²) in [4.78, 5) is 11.6. The van der Waals surface area contributed by atoms with Crippen molar-refractivity contribution < 1.29 is 20.1 Å². The van der Waals surface area contributed by atoms with E-state index >= 15 is 0 Å². The first-order valence-electron chi connectivity index (χ1n) is 6.66. The highest BCUT2D eigenvalue weighted by Gasteiger charge is 2.47. The van der Waals surface area contributed by atoms with Crippen molar-refractivity contribution in [2.75, 3.05) is 6.61 Å². The van der Waals surface area contributed by atoms with Crippen molar-refractivity contribution in [2.24, 2.45) is 5.92 Å². The Morgan fingerprint density at radius 3 is 2.53 bits per heavy atom. The molecule has 0 aromatic rings. The predicted octanol–water partition coefficient (Wildman–Crippen LogP) is 1.35. The van der Waals surface area contributed by atoms with Crippen molar-refractivity contribution in [3.05, 3.63) is 23.3 Å². The van der Waals surface area contributed by atoms with Gasteiger partial charge in [0.05, 0.1) is 12.2 Å². The van der Waals surface area contributed by atoms with Gasteiger partial charge in [-0.2, -0.15) is 0 Å². The molecule has 19 heavy (non-hydrogen) atoms. The standard InChI is InChI=1S/C15H24O4/c1-10(2)5-4-6-11(3)13-14(18)12(17)7-8-15(13,19)9-16/h5-6,13-14,16,18-19H,4,7-9H2,1-3H3/b11-6+/t13-,14+,15-/m0/s1. The van der Waals surface area contributed by atoms with Crippen LogP contribution in [0.4, 0.5) is 0 Å². The van der Waals surface area contributed by atoms with Gasteiger partial charge < -0.3 is 15.3 Å². The molecule has 0 heterocycles. The molecule has 0 saturated heterocycles. The Morgan fingerprint density at radius 2 is 2.00 bits per heavy atom. The molecule has 3 N–H and O–H groups in total. The third-order valence-corrected chi connectivity index (χ3v) is 3.76. The average Bonchev–Trinajstić information content (AvgIpc) is 2.34. The van der Waals surface area contributed by atoms with Gasteiger partial charge in [-0.15, -0.1) is 0 Å². The van der Waals surface area contributed by atoms with Crippen LogP contribution in [0.2, 0.25) is 0 Å². The summed E-state index contributed by atoms with van der Waals surface area (Å²) < 4.78 is 0. The summed E-state index contributed by atoms with van der Waals surface area (Å²) in [5.41, 5.74) is 0.523. The minimum Gasteiger partial charge on any atom is -0.393 e. The molecule has 3 atom stereocenters. The van der Waals surface area contributed by atoms with Crippen LogP contribution in [0, 0.1) is 5.92 Å². The van der Waals surface area contributed by atoms with Gasteiger partial charge in [0.25, 0.3) is 0 Å². The van der Waals surface area contributed by atoms with Gasteiger partial charge in [-0.3, -0.25) is 4.79 Å². The molecular formula is C15H24O4. The Hall–Kier alpha value is -0.970. The van der Waals surface area contributed by atoms with Gasteiger partial charge >= 0.3 is 0 Å². The van der Waals surface area contributed by atoms with Crippen molar-refractivity contribution in [2.45, 2.75) is 51.7 Å². The number of carbonyl (C=O) groups is 1. The first-order chi connectivity index (χ1) is 8.81. The van der Waals surface area contributed by atoms with Gasteiger partial charge in [0, 0.05) is 12.3 Å². The van der Waals surface area contributed by atoms with Crippen molar-refractivity contribution in [3.63, 3.8) is 0 Å². The second kappa shape index (κ2) is 6.46. The molecule has 0 aromatic heterocycles. The quantitative estimate of drug-likeness (QED) is 0.673. The van der Waals surface area contributed by atoms with Crippen LogP contribution >= 0.6 is 0 Å². The molecule has 0 aromatic carbocycles. The molecule has 4 nitrogen and oxygen atoms in total. The molecule has 108 valence electrons. The lowest BCUT2D eigenvalue weighted by atomic mass is 9.70. The minimum absolute atomic E-state index is 0.107. The Labute approximate surface area is 114 Å². The van der Waals surface area contributed by atoms with E-state index in [2.05, 4.69) is 0 Å². The molecule has 1 fully saturated rings. The molecule has 4 heteroatoms. The van der Waals surface area contributed by atoms with Gasteiger partial charge in [0.1, 0.15) is 6.10 Å². The number of rotatable bonds is 4. The zero-order valence-corrected chi connectivity index (χ0v) is 11.9. The molecule has 0 unspecified atom stereocenters. The van der Waals surface area contributed by atoms with Gasteiger partial charge in [-0.25, -0.2) is 0 Å². The number of ketones is 1. The van der Waals surface area contributed by atoms with Gasteiger partial charge in [0.2, 0.25) is 0 Å². The predicted molar refractivity (Wildman–Crippen MR) is 73.6 cm³/mol. The molecule has 1 rings (SSSR count). The van der Waals surface area contributed by atoms with E-state index in [-0.39, 0.29) is 18.6 Å². The summed E-state index contributed by atoms with van der Waals surface area (Å²) in [7, 11) is 0. The molecule has 0 bridgehead atoms. The number of allylic oxidation sites excluding steroid dienone is 3. The molecule has 1 aliphatic rings. The second-order valence-electron chi connectivity index (χ2n) is 5.62. The van der Waals surface area contributed by atoms with Crippen molar-refractivity contribution in [3.8, 4) is 0 Å². The number of hydrogen-bond donors (Lipinski definition) is 3. The van der Waals surface area contributed by atoms with Crippen LogP contribution in [0.1, 0.15) is 40.0 Å². The highest BCUT2D eigenvalue weighted by molar-refractivity contribution is 5.84. The number of Topliss-reactive ketones (excluding diaryl/α,β-unsaturated/α-hetero) is 1. The lowest BCUT2D eigenvalue weighted by Gasteiger charge is -2.41. The smallest absolute Gasteiger partial charge is 0.162 e. The largest absolute Gasteiger partial charge is 0.393 e. The molecule has 1 saturated carbocycles. The van der Waals surface area contributed by atoms with Crippen LogP contribution in [0.15, 0.2) is 23.3 Å². The fourth-order valence-corrected chi connectivity index (χ4v) is 2.58. The first kappa shape index (κ1) is 16.1. The lowest BCUT2D eigenvalue weighted by Crippen LogP contribution is -2.54. The van der Waals surface area contributed by atoms with Crippen LogP contribution in [0.25, 0.3) is 0 Å². The van der Waals surface area contributed by atoms with Crippen LogP contribution in [-0.2, 0) is 4.79 Å². The zero-order chi connectivity index (χ0) is 14.6. The van der Waals surface area contributed by atoms with Gasteiger partial charge in [-0.1, -0.05) is 23.3 Å². The molecular weight excluding hydrogens is 244 g/mol. The van der Waals surface area contributed by atoms with Crippen molar-refractivity contribution in [1.29, 1.82) is 0 Å². The first-order valence-corrected chi connectivity index (χ1v) is 6.66.